The average Bonchev–Trinajstić information content (AvgIpc) is 2.54. The van der Waals surface area contributed by atoms with Crippen LogP contribution in [-0.4, -0.2) is 26.7 Å². The number of carbonyl (C=O) groups is 1. The smallest absolute Gasteiger partial charge is 0.340 e. The first-order chi connectivity index (χ1) is 10.6. The van der Waals surface area contributed by atoms with E-state index in [0.29, 0.717) is 17.9 Å². The maximum Gasteiger partial charge on any atom is 0.340 e. The van der Waals surface area contributed by atoms with E-state index in [1.165, 1.54) is 0 Å². The molecule has 2 rings (SSSR count). The van der Waals surface area contributed by atoms with Gasteiger partial charge >= 0.3 is 5.97 Å². The van der Waals surface area contributed by atoms with Crippen molar-refractivity contribution < 1.29 is 9.53 Å². The van der Waals surface area contributed by atoms with Gasteiger partial charge in [-0.15, -0.1) is 5.11 Å². The molecule has 0 aliphatic heterocycles. The van der Waals surface area contributed by atoms with Gasteiger partial charge in [-0.05, 0) is 43.3 Å². The van der Waals surface area contributed by atoms with Gasteiger partial charge in [-0.25, -0.2) is 4.79 Å². The lowest BCUT2D eigenvalue weighted by Crippen LogP contribution is -2.07. The van der Waals surface area contributed by atoms with Crippen LogP contribution in [0.4, 0.5) is 17.1 Å². The van der Waals surface area contributed by atoms with Crippen molar-refractivity contribution in [3.8, 4) is 0 Å². The van der Waals surface area contributed by atoms with Crippen LogP contribution in [0.1, 0.15) is 17.3 Å². The van der Waals surface area contributed by atoms with Crippen LogP contribution in [-0.2, 0) is 4.74 Å². The van der Waals surface area contributed by atoms with Crippen LogP contribution in [0.3, 0.4) is 0 Å². The summed E-state index contributed by atoms with van der Waals surface area (Å²) in [4.78, 5) is 13.9. The zero-order valence-corrected chi connectivity index (χ0v) is 13.0. The fraction of sp³-hybridized carbons (Fsp3) is 0.235. The fourth-order valence-corrected chi connectivity index (χ4v) is 1.87. The van der Waals surface area contributed by atoms with E-state index in [1.807, 2.05) is 49.3 Å². The van der Waals surface area contributed by atoms with Gasteiger partial charge in [-0.3, -0.25) is 0 Å². The van der Waals surface area contributed by atoms with E-state index in [-0.39, 0.29) is 5.97 Å². The summed E-state index contributed by atoms with van der Waals surface area (Å²) in [6.07, 6.45) is 0. The second-order valence-electron chi connectivity index (χ2n) is 4.85. The molecule has 0 fully saturated rings. The zero-order valence-electron chi connectivity index (χ0n) is 13.0. The molecule has 0 saturated carbocycles. The second kappa shape index (κ2) is 7.36. The van der Waals surface area contributed by atoms with Crippen molar-refractivity contribution in [2.75, 3.05) is 25.6 Å². The summed E-state index contributed by atoms with van der Waals surface area (Å²) in [6.45, 7) is 2.10. The molecule has 0 saturated heterocycles. The molecule has 0 N–H and O–H groups in total. The standard InChI is InChI=1S/C17H19N3O2/c1-4-22-17(21)15-7-5-6-8-16(15)19-18-13-9-11-14(12-10-13)20(2)3/h5-12H,4H2,1-3H3. The van der Waals surface area contributed by atoms with Crippen molar-refractivity contribution in [1.29, 1.82) is 0 Å². The van der Waals surface area contributed by atoms with Crippen LogP contribution in [0.15, 0.2) is 58.8 Å². The Morgan fingerprint density at radius 1 is 1.05 bits per heavy atom. The van der Waals surface area contributed by atoms with Crippen molar-refractivity contribution in [2.45, 2.75) is 6.92 Å². The Morgan fingerprint density at radius 2 is 1.73 bits per heavy atom. The minimum Gasteiger partial charge on any atom is -0.462 e. The number of azo groups is 1. The Kier molecular flexibility index (Phi) is 5.25. The number of hydrogen-bond acceptors (Lipinski definition) is 5. The molecule has 0 bridgehead atoms. The molecule has 0 aromatic heterocycles. The third-order valence-electron chi connectivity index (χ3n) is 3.04. The first-order valence-corrected chi connectivity index (χ1v) is 7.07. The maximum atomic E-state index is 11.9. The SMILES string of the molecule is CCOC(=O)c1ccccc1N=Nc1ccc(N(C)C)cc1. The van der Waals surface area contributed by atoms with E-state index in [2.05, 4.69) is 10.2 Å². The van der Waals surface area contributed by atoms with Crippen LogP contribution in [0, 0.1) is 0 Å². The molecule has 0 radical (unpaired) electrons. The van der Waals surface area contributed by atoms with Gasteiger partial charge in [0.25, 0.3) is 0 Å². The Hall–Kier alpha value is -2.69. The fourth-order valence-electron chi connectivity index (χ4n) is 1.87. The van der Waals surface area contributed by atoms with Gasteiger partial charge in [0.2, 0.25) is 0 Å². The summed E-state index contributed by atoms with van der Waals surface area (Å²) >= 11 is 0. The molecule has 0 unspecified atom stereocenters. The monoisotopic (exact) mass is 297 g/mol. The molecule has 0 aliphatic rings. The summed E-state index contributed by atoms with van der Waals surface area (Å²) in [5.74, 6) is -0.389. The molecule has 2 aromatic carbocycles. The largest absolute Gasteiger partial charge is 0.462 e. The number of rotatable bonds is 5. The number of carbonyl (C=O) groups excluding carboxylic acids is 1. The van der Waals surface area contributed by atoms with Gasteiger partial charge in [-0.1, -0.05) is 12.1 Å². The summed E-state index contributed by atoms with van der Waals surface area (Å²) in [5.41, 5.74) is 2.73. The van der Waals surface area contributed by atoms with Crippen LogP contribution < -0.4 is 4.90 Å². The summed E-state index contributed by atoms with van der Waals surface area (Å²) in [5, 5.41) is 8.34. The molecule has 0 aliphatic carbocycles. The highest BCUT2D eigenvalue weighted by Crippen LogP contribution is 2.24. The van der Waals surface area contributed by atoms with E-state index in [0.717, 1.165) is 11.4 Å². The average molecular weight is 297 g/mol. The predicted octanol–water partition coefficient (Wildman–Crippen LogP) is 4.34. The molecule has 0 heterocycles. The molecule has 2 aromatic rings. The van der Waals surface area contributed by atoms with E-state index < -0.39 is 0 Å². The van der Waals surface area contributed by atoms with Gasteiger partial charge in [0.05, 0.1) is 17.9 Å². The van der Waals surface area contributed by atoms with Crippen LogP contribution in [0.25, 0.3) is 0 Å². The third-order valence-corrected chi connectivity index (χ3v) is 3.04. The molecule has 5 heteroatoms. The van der Waals surface area contributed by atoms with Gasteiger partial charge in [0.15, 0.2) is 0 Å². The summed E-state index contributed by atoms with van der Waals surface area (Å²) < 4.78 is 5.02. The highest BCUT2D eigenvalue weighted by atomic mass is 16.5. The van der Waals surface area contributed by atoms with Crippen molar-refractivity contribution in [1.82, 2.24) is 0 Å². The Bertz CT molecular complexity index is 664. The van der Waals surface area contributed by atoms with Gasteiger partial charge < -0.3 is 9.64 Å². The lowest BCUT2D eigenvalue weighted by atomic mass is 10.2. The minimum atomic E-state index is -0.389. The van der Waals surface area contributed by atoms with E-state index in [4.69, 9.17) is 4.74 Å². The number of nitrogens with zero attached hydrogens (tertiary/aromatic N) is 3. The topological polar surface area (TPSA) is 54.3 Å². The highest BCUT2D eigenvalue weighted by Gasteiger charge is 2.11. The van der Waals surface area contributed by atoms with Crippen molar-refractivity contribution in [3.63, 3.8) is 0 Å². The maximum absolute atomic E-state index is 11.9. The Labute approximate surface area is 130 Å². The van der Waals surface area contributed by atoms with Gasteiger partial charge in [0.1, 0.15) is 5.69 Å². The molecule has 0 spiro atoms. The van der Waals surface area contributed by atoms with Crippen LogP contribution >= 0.6 is 0 Å². The lowest BCUT2D eigenvalue weighted by molar-refractivity contribution is 0.0527. The predicted molar refractivity (Wildman–Crippen MR) is 87.3 cm³/mol. The zero-order chi connectivity index (χ0) is 15.9. The third kappa shape index (κ3) is 3.91. The first-order valence-electron chi connectivity index (χ1n) is 7.07. The van der Waals surface area contributed by atoms with Gasteiger partial charge in [-0.2, -0.15) is 5.11 Å². The van der Waals surface area contributed by atoms with Crippen LogP contribution in [0.5, 0.6) is 0 Å². The van der Waals surface area contributed by atoms with Crippen molar-refractivity contribution in [2.24, 2.45) is 10.2 Å². The van der Waals surface area contributed by atoms with Crippen LogP contribution in [0.2, 0.25) is 0 Å². The molecular weight excluding hydrogens is 278 g/mol. The van der Waals surface area contributed by atoms with Gasteiger partial charge in [0, 0.05) is 19.8 Å². The van der Waals surface area contributed by atoms with Crippen molar-refractivity contribution in [3.05, 3.63) is 54.1 Å². The normalized spacial score (nSPS) is 10.7. The summed E-state index contributed by atoms with van der Waals surface area (Å²) in [6, 6.07) is 14.7. The molecular formula is C17H19N3O2. The molecule has 5 nitrogen and oxygen atoms in total. The highest BCUT2D eigenvalue weighted by molar-refractivity contribution is 5.94. The quantitative estimate of drug-likeness (QED) is 0.609. The number of ether oxygens (including phenoxy) is 1. The van der Waals surface area contributed by atoms with E-state index in [9.17, 15) is 4.79 Å². The number of benzene rings is 2. The number of esters is 1. The summed E-state index contributed by atoms with van der Waals surface area (Å²) in [7, 11) is 3.96. The van der Waals surface area contributed by atoms with E-state index >= 15 is 0 Å². The van der Waals surface area contributed by atoms with Crippen molar-refractivity contribution >= 4 is 23.0 Å². The molecule has 114 valence electrons. The first kappa shape index (κ1) is 15.7. The van der Waals surface area contributed by atoms with E-state index in [1.54, 1.807) is 25.1 Å². The second-order valence-corrected chi connectivity index (χ2v) is 4.85. The molecule has 0 amide bonds. The Morgan fingerprint density at radius 3 is 2.36 bits per heavy atom. The molecule has 22 heavy (non-hydrogen) atoms. The lowest BCUT2D eigenvalue weighted by Gasteiger charge is -2.11. The number of hydrogen-bond donors (Lipinski definition) is 0. The Balaban J connectivity index is 2.21. The number of anilines is 1. The molecule has 0 atom stereocenters. The minimum absolute atomic E-state index is 0.330.